The Hall–Kier alpha value is -0.346. The zero-order chi connectivity index (χ0) is 34.7. The first-order valence-electron chi connectivity index (χ1n) is 23.9. The summed E-state index contributed by atoms with van der Waals surface area (Å²) in [5, 5.41) is 3.81. The van der Waals surface area contributed by atoms with Crippen molar-refractivity contribution < 1.29 is 0 Å². The zero-order valence-corrected chi connectivity index (χ0v) is 36.0. The summed E-state index contributed by atoms with van der Waals surface area (Å²) >= 11 is 0. The van der Waals surface area contributed by atoms with Crippen molar-refractivity contribution in [3.05, 3.63) is 24.3 Å². The lowest BCUT2D eigenvalue weighted by molar-refractivity contribution is 0.540. The number of fused-ring (bicyclic) bond motifs is 39. The van der Waals surface area contributed by atoms with Crippen molar-refractivity contribution in [3.63, 3.8) is 0 Å². The lowest BCUT2D eigenvalue weighted by atomic mass is 10.1. The van der Waals surface area contributed by atoms with Crippen LogP contribution in [-0.4, -0.2) is 16.1 Å². The molecule has 0 radical (unpaired) electrons. The minimum Gasteiger partial charge on any atom is -0.0631 e. The highest BCUT2D eigenvalue weighted by molar-refractivity contribution is 6.93. The zero-order valence-electron chi connectivity index (χ0n) is 34.0. The van der Waals surface area contributed by atoms with E-state index in [1.165, 1.54) is 231 Å². The Kier molecular flexibility index (Phi) is 23.1. The van der Waals surface area contributed by atoms with Gasteiger partial charge in [0.05, 0.1) is 16.1 Å². The molecule has 0 unspecified atom stereocenters. The van der Waals surface area contributed by atoms with Crippen molar-refractivity contribution in [2.45, 2.75) is 267 Å². The van der Waals surface area contributed by atoms with Gasteiger partial charge in [-0.2, -0.15) is 0 Å². The van der Waals surface area contributed by atoms with E-state index in [2.05, 4.69) is 24.3 Å². The highest BCUT2D eigenvalue weighted by Crippen LogP contribution is 2.33. The van der Waals surface area contributed by atoms with E-state index < -0.39 is 16.1 Å². The van der Waals surface area contributed by atoms with Crippen LogP contribution in [0.4, 0.5) is 0 Å². The molecule has 288 valence electrons. The highest BCUT2D eigenvalue weighted by atomic mass is 28.3. The number of hydrogen-bond donors (Lipinski definition) is 0. The van der Waals surface area contributed by atoms with Gasteiger partial charge in [0.2, 0.25) is 0 Å². The van der Waals surface area contributed by atoms with Crippen LogP contribution in [0.15, 0.2) is 24.3 Å². The predicted molar refractivity (Wildman–Crippen MR) is 232 cm³/mol. The van der Waals surface area contributed by atoms with Crippen LogP contribution in [0.5, 0.6) is 0 Å². The van der Waals surface area contributed by atoms with Gasteiger partial charge >= 0.3 is 0 Å². The van der Waals surface area contributed by atoms with Crippen LogP contribution in [0.25, 0.3) is 0 Å². The van der Waals surface area contributed by atoms with Crippen LogP contribution in [0, 0.1) is 0 Å². The second-order valence-corrected chi connectivity index (χ2v) is 27.6. The van der Waals surface area contributed by atoms with E-state index >= 15 is 0 Å². The summed E-state index contributed by atoms with van der Waals surface area (Å²) in [4.78, 5) is 0. The molecule has 0 N–H and O–H groups in total. The summed E-state index contributed by atoms with van der Waals surface area (Å²) in [7, 11) is -3.06. The standard InChI is InChI=1S/C48H88Si2/c1-2-8-14-20-26-32-42-50-45-35-29-23-17-11-5-3-9-15-21-27-33-43-49(41-31-25-19-13-7-1,47-37-39-48(50)40-38-47)44-34-28-22-16-10-4-6-12-18-24-30-36-46-50/h37-40H,1-36,41-46H2. The molecule has 0 aromatic heterocycles. The Bertz CT molecular complexity index is 764. The summed E-state index contributed by atoms with van der Waals surface area (Å²) in [6.07, 6.45) is 54.1. The van der Waals surface area contributed by atoms with Crippen molar-refractivity contribution in [2.75, 3.05) is 0 Å². The molecule has 0 aliphatic carbocycles. The topological polar surface area (TPSA) is 0 Å². The van der Waals surface area contributed by atoms with E-state index in [0.29, 0.717) is 0 Å². The summed E-state index contributed by atoms with van der Waals surface area (Å²) < 4.78 is 0. The first kappa shape index (κ1) is 42.4. The molecule has 6 heterocycles. The van der Waals surface area contributed by atoms with E-state index in [1.54, 1.807) is 36.3 Å². The Morgan fingerprint density at radius 1 is 0.180 bits per heavy atom. The molecule has 50 heavy (non-hydrogen) atoms. The molecule has 0 fully saturated rings. The molecular weight excluding hydrogens is 633 g/mol. The van der Waals surface area contributed by atoms with E-state index in [-0.39, 0.29) is 0 Å². The van der Waals surface area contributed by atoms with E-state index in [4.69, 9.17) is 0 Å². The molecule has 1 aromatic carbocycles. The molecule has 2 heteroatoms. The van der Waals surface area contributed by atoms with Gasteiger partial charge in [0.25, 0.3) is 0 Å². The third-order valence-corrected chi connectivity index (χ3v) is 25.3. The van der Waals surface area contributed by atoms with E-state index in [0.717, 1.165) is 0 Å². The average molecular weight is 721 g/mol. The molecule has 0 nitrogen and oxygen atoms in total. The minimum atomic E-state index is -1.53. The van der Waals surface area contributed by atoms with E-state index in [1.807, 2.05) is 10.4 Å². The van der Waals surface area contributed by atoms with Crippen molar-refractivity contribution in [3.8, 4) is 0 Å². The second kappa shape index (κ2) is 27.3. The maximum Gasteiger partial charge on any atom is 0.0867 e. The van der Waals surface area contributed by atoms with Gasteiger partial charge in [0, 0.05) is 0 Å². The summed E-state index contributed by atoms with van der Waals surface area (Å²) in [6.45, 7) is 0. The molecule has 6 aliphatic heterocycles. The molecule has 0 saturated carbocycles. The Labute approximate surface area is 317 Å². The molecule has 1 aromatic rings. The van der Waals surface area contributed by atoms with Gasteiger partial charge in [0.1, 0.15) is 0 Å². The predicted octanol–water partition coefficient (Wildman–Crippen LogP) is 16.1. The van der Waals surface area contributed by atoms with Crippen LogP contribution >= 0.6 is 0 Å². The number of rotatable bonds is 0. The van der Waals surface area contributed by atoms with Gasteiger partial charge in [-0.15, -0.1) is 0 Å². The fourth-order valence-corrected chi connectivity index (χ4v) is 21.4. The fraction of sp³-hybridized carbons (Fsp3) is 0.875. The first-order chi connectivity index (χ1) is 24.8. The lowest BCUT2D eigenvalue weighted by Gasteiger charge is -2.36. The maximum absolute atomic E-state index is 2.83. The summed E-state index contributed by atoms with van der Waals surface area (Å²) in [5.74, 6) is 0. The lowest BCUT2D eigenvalue weighted by Crippen LogP contribution is -2.51. The molecule has 7 rings (SSSR count). The van der Waals surface area contributed by atoms with Gasteiger partial charge in [-0.1, -0.05) is 302 Å². The quantitative estimate of drug-likeness (QED) is 0.234. The van der Waals surface area contributed by atoms with E-state index in [9.17, 15) is 0 Å². The SMILES string of the molecule is c1cc2ccc1[Si]13CCCCCCCCCCCCCC[Si]2(CCCCCCCCCCCCCC1)CCCCCCCCCCCCCC3. The maximum atomic E-state index is 2.83. The Balaban J connectivity index is 1.67. The molecular formula is C48H88Si2. The summed E-state index contributed by atoms with van der Waals surface area (Å²) in [6, 6.07) is 20.9. The van der Waals surface area contributed by atoms with Crippen LogP contribution in [0.1, 0.15) is 231 Å². The van der Waals surface area contributed by atoms with Crippen molar-refractivity contribution in [1.29, 1.82) is 0 Å². The summed E-state index contributed by atoms with van der Waals surface area (Å²) in [5.41, 5.74) is 0. The number of hydrogen-bond acceptors (Lipinski definition) is 0. The molecule has 4 bridgehead atoms. The van der Waals surface area contributed by atoms with Crippen LogP contribution in [0.3, 0.4) is 0 Å². The highest BCUT2D eigenvalue weighted by Gasteiger charge is 2.36. The van der Waals surface area contributed by atoms with Gasteiger partial charge in [-0.3, -0.25) is 0 Å². The molecule has 0 saturated heterocycles. The van der Waals surface area contributed by atoms with Gasteiger partial charge in [0.15, 0.2) is 0 Å². The molecule has 0 atom stereocenters. The average Bonchev–Trinajstić information content (AvgIpc) is 3.13. The van der Waals surface area contributed by atoms with Gasteiger partial charge in [-0.25, -0.2) is 0 Å². The van der Waals surface area contributed by atoms with Crippen molar-refractivity contribution in [1.82, 2.24) is 0 Å². The van der Waals surface area contributed by atoms with Crippen LogP contribution in [0.2, 0.25) is 36.3 Å². The van der Waals surface area contributed by atoms with Crippen LogP contribution in [-0.2, 0) is 0 Å². The Morgan fingerprint density at radius 3 is 0.440 bits per heavy atom. The minimum absolute atomic E-state index is 1.50. The third-order valence-electron chi connectivity index (χ3n) is 14.3. The van der Waals surface area contributed by atoms with Gasteiger partial charge in [-0.05, 0) is 0 Å². The van der Waals surface area contributed by atoms with Crippen molar-refractivity contribution in [2.24, 2.45) is 0 Å². The number of benzene rings is 1. The third kappa shape index (κ3) is 16.8. The smallest absolute Gasteiger partial charge is 0.0631 e. The van der Waals surface area contributed by atoms with Crippen LogP contribution < -0.4 is 10.4 Å². The largest absolute Gasteiger partial charge is 0.0867 e. The molecule has 6 aliphatic rings. The monoisotopic (exact) mass is 721 g/mol. The van der Waals surface area contributed by atoms with Gasteiger partial charge < -0.3 is 0 Å². The molecule has 0 spiro atoms. The van der Waals surface area contributed by atoms with Crippen molar-refractivity contribution >= 4 is 26.5 Å². The first-order valence-corrected chi connectivity index (χ1v) is 29.2. The molecule has 0 amide bonds. The second-order valence-electron chi connectivity index (χ2n) is 18.4. The Morgan fingerprint density at radius 2 is 0.300 bits per heavy atom. The fourth-order valence-electron chi connectivity index (χ4n) is 10.9. The normalized spacial score (nSPS) is 29.2.